The summed E-state index contributed by atoms with van der Waals surface area (Å²) in [6.07, 6.45) is 5.86. The molecule has 1 aromatic heterocycles. The van der Waals surface area contributed by atoms with Crippen LogP contribution in [0, 0.1) is 6.92 Å². The number of likely N-dealkylation sites (tertiary alicyclic amines) is 1. The van der Waals surface area contributed by atoms with Gasteiger partial charge in [-0.15, -0.1) is 0 Å². The number of para-hydroxylation sites is 1. The van der Waals surface area contributed by atoms with Gasteiger partial charge in [0.05, 0.1) is 6.54 Å². The van der Waals surface area contributed by atoms with Crippen LogP contribution in [0.4, 0.5) is 0 Å². The summed E-state index contributed by atoms with van der Waals surface area (Å²) in [6.45, 7) is 2.95. The third-order valence-corrected chi connectivity index (χ3v) is 4.79. The lowest BCUT2D eigenvalue weighted by molar-refractivity contribution is 0.0232. The van der Waals surface area contributed by atoms with Gasteiger partial charge in [0.1, 0.15) is 17.0 Å². The van der Waals surface area contributed by atoms with Gasteiger partial charge >= 0.3 is 0 Å². The van der Waals surface area contributed by atoms with Gasteiger partial charge in [-0.25, -0.2) is 0 Å². The van der Waals surface area contributed by atoms with Crippen molar-refractivity contribution in [1.82, 2.24) is 9.88 Å². The normalized spacial score (nSPS) is 21.7. The molecule has 2 aliphatic rings. The third kappa shape index (κ3) is 2.97. The molecule has 1 saturated heterocycles. The molecule has 1 unspecified atom stereocenters. The Labute approximate surface area is 145 Å². The summed E-state index contributed by atoms with van der Waals surface area (Å²) in [5.41, 5.74) is 1.42. The summed E-state index contributed by atoms with van der Waals surface area (Å²) in [5.74, 6) is 0.694. The highest BCUT2D eigenvalue weighted by atomic mass is 16.5. The zero-order valence-electron chi connectivity index (χ0n) is 14.1. The maximum atomic E-state index is 12.9. The van der Waals surface area contributed by atoms with Crippen molar-refractivity contribution in [1.29, 1.82) is 0 Å². The zero-order valence-corrected chi connectivity index (χ0v) is 14.1. The molecule has 1 aromatic carbocycles. The minimum atomic E-state index is -0.494. The number of H-pyrrole nitrogens is 1. The first-order valence-corrected chi connectivity index (χ1v) is 8.52. The van der Waals surface area contributed by atoms with E-state index in [4.69, 9.17) is 4.74 Å². The first-order valence-electron chi connectivity index (χ1n) is 8.52. The van der Waals surface area contributed by atoms with Crippen LogP contribution < -0.4 is 10.3 Å². The molecule has 5 heteroatoms. The topological polar surface area (TPSA) is 62.4 Å². The second-order valence-corrected chi connectivity index (χ2v) is 6.80. The van der Waals surface area contributed by atoms with Crippen molar-refractivity contribution in [2.75, 3.05) is 13.1 Å². The standard InChI is InChI=1S/C20H20N2O3/c1-14-11-16(21-18(23)12-14)19(24)22-10-4-8-20(13-22)9-7-15-5-2-3-6-17(15)25-20/h2-3,5-7,9,11-12H,4,8,10,13H2,1H3,(H,21,23). The molecular formula is C20H20N2O3. The van der Waals surface area contributed by atoms with Gasteiger partial charge in [0.25, 0.3) is 5.91 Å². The molecular weight excluding hydrogens is 316 g/mol. The van der Waals surface area contributed by atoms with Gasteiger partial charge in [-0.1, -0.05) is 24.3 Å². The Hall–Kier alpha value is -2.82. The summed E-state index contributed by atoms with van der Waals surface area (Å²) >= 11 is 0. The molecule has 5 nitrogen and oxygen atoms in total. The number of aromatic nitrogens is 1. The van der Waals surface area contributed by atoms with Crippen molar-refractivity contribution >= 4 is 12.0 Å². The van der Waals surface area contributed by atoms with Crippen LogP contribution in [0.25, 0.3) is 6.08 Å². The van der Waals surface area contributed by atoms with Crippen molar-refractivity contribution in [2.45, 2.75) is 25.4 Å². The highest BCUT2D eigenvalue weighted by molar-refractivity contribution is 5.92. The summed E-state index contributed by atoms with van der Waals surface area (Å²) in [6, 6.07) is 11.1. The number of pyridine rings is 1. The second kappa shape index (κ2) is 5.92. The fraction of sp³-hybridized carbons (Fsp3) is 0.300. The number of nitrogens with zero attached hydrogens (tertiary/aromatic N) is 1. The number of piperidine rings is 1. The minimum Gasteiger partial charge on any atom is -0.481 e. The van der Waals surface area contributed by atoms with E-state index in [0.717, 1.165) is 29.7 Å². The van der Waals surface area contributed by atoms with E-state index in [1.807, 2.05) is 31.2 Å². The number of hydrogen-bond donors (Lipinski definition) is 1. The van der Waals surface area contributed by atoms with Crippen molar-refractivity contribution in [3.63, 3.8) is 0 Å². The first kappa shape index (κ1) is 15.7. The molecule has 0 bridgehead atoms. The van der Waals surface area contributed by atoms with Crippen molar-refractivity contribution in [3.8, 4) is 5.75 Å². The van der Waals surface area contributed by atoms with E-state index in [0.29, 0.717) is 18.8 Å². The van der Waals surface area contributed by atoms with Gasteiger partial charge in [0, 0.05) is 18.2 Å². The predicted octanol–water partition coefficient (Wildman–Crippen LogP) is 2.76. The Morgan fingerprint density at radius 1 is 1.28 bits per heavy atom. The Balaban J connectivity index is 1.59. The maximum Gasteiger partial charge on any atom is 0.270 e. The van der Waals surface area contributed by atoms with Crippen molar-refractivity contribution in [2.24, 2.45) is 0 Å². The molecule has 4 rings (SSSR count). The highest BCUT2D eigenvalue weighted by Gasteiger charge is 2.39. The second-order valence-electron chi connectivity index (χ2n) is 6.80. The lowest BCUT2D eigenvalue weighted by Gasteiger charge is -2.42. The molecule has 25 heavy (non-hydrogen) atoms. The number of nitrogens with one attached hydrogen (secondary N) is 1. The maximum absolute atomic E-state index is 12.9. The van der Waals surface area contributed by atoms with E-state index >= 15 is 0 Å². The van der Waals surface area contributed by atoms with E-state index in [-0.39, 0.29) is 11.5 Å². The Bertz CT molecular complexity index is 915. The van der Waals surface area contributed by atoms with Crippen LogP contribution in [0.15, 0.2) is 47.3 Å². The Morgan fingerprint density at radius 2 is 2.12 bits per heavy atom. The number of rotatable bonds is 1. The van der Waals surface area contributed by atoms with Crippen LogP contribution in [0.1, 0.15) is 34.5 Å². The average molecular weight is 336 g/mol. The summed E-state index contributed by atoms with van der Waals surface area (Å²) in [7, 11) is 0. The largest absolute Gasteiger partial charge is 0.481 e. The van der Waals surface area contributed by atoms with Gasteiger partial charge in [0.15, 0.2) is 0 Å². The van der Waals surface area contributed by atoms with E-state index in [1.54, 1.807) is 11.0 Å². The number of benzene rings is 1. The molecule has 2 aliphatic heterocycles. The van der Waals surface area contributed by atoms with E-state index in [9.17, 15) is 9.59 Å². The number of carbonyl (C=O) groups is 1. The number of aromatic amines is 1. The monoisotopic (exact) mass is 336 g/mol. The number of aryl methyl sites for hydroxylation is 1. The van der Waals surface area contributed by atoms with Gasteiger partial charge in [0.2, 0.25) is 5.56 Å². The smallest absolute Gasteiger partial charge is 0.270 e. The van der Waals surface area contributed by atoms with Gasteiger partial charge < -0.3 is 14.6 Å². The van der Waals surface area contributed by atoms with Crippen LogP contribution >= 0.6 is 0 Å². The lowest BCUT2D eigenvalue weighted by atomic mass is 9.89. The SMILES string of the molecule is Cc1cc(C(=O)N2CCCC3(C=Cc4ccccc4O3)C2)[nH]c(=O)c1. The Morgan fingerprint density at radius 3 is 2.96 bits per heavy atom. The van der Waals surface area contributed by atoms with E-state index in [1.165, 1.54) is 6.07 Å². The van der Waals surface area contributed by atoms with Gasteiger partial charge in [-0.3, -0.25) is 9.59 Å². The van der Waals surface area contributed by atoms with Crippen LogP contribution in [0.3, 0.4) is 0 Å². The van der Waals surface area contributed by atoms with E-state index in [2.05, 4.69) is 17.1 Å². The number of fused-ring (bicyclic) bond motifs is 1. The number of hydrogen-bond acceptors (Lipinski definition) is 3. The summed E-state index contributed by atoms with van der Waals surface area (Å²) in [5, 5.41) is 0. The Kier molecular flexibility index (Phi) is 3.71. The average Bonchev–Trinajstić information content (AvgIpc) is 2.60. The van der Waals surface area contributed by atoms with Gasteiger partial charge in [-0.2, -0.15) is 0 Å². The minimum absolute atomic E-state index is 0.157. The van der Waals surface area contributed by atoms with Crippen LogP contribution in [0.5, 0.6) is 5.75 Å². The van der Waals surface area contributed by atoms with Crippen LogP contribution in [-0.2, 0) is 0 Å². The molecule has 1 fully saturated rings. The van der Waals surface area contributed by atoms with Crippen LogP contribution in [-0.4, -0.2) is 34.5 Å². The van der Waals surface area contributed by atoms with Crippen molar-refractivity contribution in [3.05, 3.63) is 69.6 Å². The predicted molar refractivity (Wildman–Crippen MR) is 95.8 cm³/mol. The molecule has 3 heterocycles. The third-order valence-electron chi connectivity index (χ3n) is 4.79. The van der Waals surface area contributed by atoms with Crippen molar-refractivity contribution < 1.29 is 9.53 Å². The summed E-state index contributed by atoms with van der Waals surface area (Å²) < 4.78 is 6.27. The molecule has 1 atom stereocenters. The highest BCUT2D eigenvalue weighted by Crippen LogP contribution is 2.36. The molecule has 0 aliphatic carbocycles. The quantitative estimate of drug-likeness (QED) is 0.871. The summed E-state index contributed by atoms with van der Waals surface area (Å²) in [4.78, 5) is 28.9. The first-order chi connectivity index (χ1) is 12.0. The molecule has 1 spiro atoms. The van der Waals surface area contributed by atoms with Gasteiger partial charge in [-0.05, 0) is 43.5 Å². The lowest BCUT2D eigenvalue weighted by Crippen LogP contribution is -2.53. The molecule has 1 amide bonds. The number of amides is 1. The fourth-order valence-corrected chi connectivity index (χ4v) is 3.62. The molecule has 0 saturated carbocycles. The molecule has 128 valence electrons. The molecule has 0 radical (unpaired) electrons. The fourth-order valence-electron chi connectivity index (χ4n) is 3.62. The molecule has 1 N–H and O–H groups in total. The van der Waals surface area contributed by atoms with E-state index < -0.39 is 5.60 Å². The molecule has 2 aromatic rings. The zero-order chi connectivity index (χ0) is 17.4. The number of ether oxygens (including phenoxy) is 1. The van der Waals surface area contributed by atoms with Crippen LogP contribution in [0.2, 0.25) is 0 Å². The number of carbonyl (C=O) groups excluding carboxylic acids is 1.